The van der Waals surface area contributed by atoms with Crippen molar-refractivity contribution in [2.24, 2.45) is 0 Å². The zero-order valence-corrected chi connectivity index (χ0v) is 16.0. The number of hydrogen-bond acceptors (Lipinski definition) is 4. The van der Waals surface area contributed by atoms with E-state index in [1.54, 1.807) is 43.3 Å². The SMILES string of the molecule is Cc1c(C(=O)NNC(=O)C(C)NC(=O)c2ccccc2Cl)oc2ccccc12. The van der Waals surface area contributed by atoms with Gasteiger partial charge in [0, 0.05) is 10.9 Å². The Morgan fingerprint density at radius 3 is 2.36 bits per heavy atom. The Hall–Kier alpha value is -3.32. The molecule has 3 N–H and O–H groups in total. The Balaban J connectivity index is 1.60. The number of para-hydroxylation sites is 1. The summed E-state index contributed by atoms with van der Waals surface area (Å²) in [6.07, 6.45) is 0. The van der Waals surface area contributed by atoms with Gasteiger partial charge in [-0.25, -0.2) is 0 Å². The third-order valence-electron chi connectivity index (χ3n) is 4.21. The molecular weight excluding hydrogens is 382 g/mol. The van der Waals surface area contributed by atoms with Crippen LogP contribution in [0.5, 0.6) is 0 Å². The minimum atomic E-state index is -0.902. The van der Waals surface area contributed by atoms with Crippen LogP contribution < -0.4 is 16.2 Å². The number of benzene rings is 2. The molecular formula is C20H18ClN3O4. The van der Waals surface area contributed by atoms with Crippen LogP contribution in [-0.4, -0.2) is 23.8 Å². The molecule has 1 atom stereocenters. The number of halogens is 1. The summed E-state index contributed by atoms with van der Waals surface area (Å²) in [5.74, 6) is -1.57. The largest absolute Gasteiger partial charge is 0.451 e. The molecule has 2 aromatic carbocycles. The Bertz CT molecular complexity index is 1060. The number of hydrazine groups is 1. The number of rotatable bonds is 4. The average molecular weight is 400 g/mol. The maximum atomic E-state index is 12.3. The molecule has 3 amide bonds. The molecule has 3 aromatic rings. The molecule has 1 heterocycles. The smallest absolute Gasteiger partial charge is 0.305 e. The predicted molar refractivity (Wildman–Crippen MR) is 105 cm³/mol. The zero-order chi connectivity index (χ0) is 20.3. The van der Waals surface area contributed by atoms with Crippen molar-refractivity contribution in [1.29, 1.82) is 0 Å². The fraction of sp³-hybridized carbons (Fsp3) is 0.150. The van der Waals surface area contributed by atoms with Crippen molar-refractivity contribution < 1.29 is 18.8 Å². The van der Waals surface area contributed by atoms with E-state index in [2.05, 4.69) is 16.2 Å². The third kappa shape index (κ3) is 3.99. The van der Waals surface area contributed by atoms with Crippen molar-refractivity contribution in [2.45, 2.75) is 19.9 Å². The molecule has 0 saturated carbocycles. The normalized spacial score (nSPS) is 11.7. The number of aryl methyl sites for hydroxylation is 1. The summed E-state index contributed by atoms with van der Waals surface area (Å²) in [5.41, 5.74) is 6.08. The molecule has 1 unspecified atom stereocenters. The lowest BCUT2D eigenvalue weighted by atomic mass is 10.1. The minimum Gasteiger partial charge on any atom is -0.451 e. The molecule has 7 nitrogen and oxygen atoms in total. The number of amides is 3. The van der Waals surface area contributed by atoms with Gasteiger partial charge in [0.05, 0.1) is 10.6 Å². The number of nitrogens with one attached hydrogen (secondary N) is 3. The molecule has 0 spiro atoms. The summed E-state index contributed by atoms with van der Waals surface area (Å²) < 4.78 is 5.54. The van der Waals surface area contributed by atoms with E-state index in [0.29, 0.717) is 11.1 Å². The molecule has 0 aliphatic carbocycles. The molecule has 0 aliphatic heterocycles. The van der Waals surface area contributed by atoms with Gasteiger partial charge in [-0.1, -0.05) is 41.9 Å². The van der Waals surface area contributed by atoms with Crippen molar-refractivity contribution in [3.8, 4) is 0 Å². The van der Waals surface area contributed by atoms with Gasteiger partial charge in [0.15, 0.2) is 5.76 Å². The van der Waals surface area contributed by atoms with Gasteiger partial charge in [-0.3, -0.25) is 25.2 Å². The van der Waals surface area contributed by atoms with Gasteiger partial charge in [-0.2, -0.15) is 0 Å². The Morgan fingerprint density at radius 1 is 0.964 bits per heavy atom. The lowest BCUT2D eigenvalue weighted by Gasteiger charge is -2.15. The van der Waals surface area contributed by atoms with E-state index < -0.39 is 23.8 Å². The fourth-order valence-corrected chi connectivity index (χ4v) is 2.88. The Morgan fingerprint density at radius 2 is 1.64 bits per heavy atom. The molecule has 144 valence electrons. The van der Waals surface area contributed by atoms with Crippen LogP contribution in [0.2, 0.25) is 5.02 Å². The molecule has 0 saturated heterocycles. The lowest BCUT2D eigenvalue weighted by Crippen LogP contribution is -2.51. The van der Waals surface area contributed by atoms with Gasteiger partial charge in [-0.15, -0.1) is 0 Å². The maximum absolute atomic E-state index is 12.3. The molecule has 0 radical (unpaired) electrons. The van der Waals surface area contributed by atoms with Crippen LogP contribution in [0.1, 0.15) is 33.4 Å². The standard InChI is InChI=1S/C20H18ClN3O4/c1-11-13-7-4-6-10-16(13)28-17(11)20(27)24-23-18(25)12(2)22-19(26)14-8-3-5-9-15(14)21/h3-10,12H,1-2H3,(H,22,26)(H,23,25)(H,24,27). The maximum Gasteiger partial charge on any atom is 0.305 e. The van der Waals surface area contributed by atoms with Crippen molar-refractivity contribution in [3.63, 3.8) is 0 Å². The second-order valence-electron chi connectivity index (χ2n) is 6.17. The molecule has 0 fully saturated rings. The summed E-state index contributed by atoms with van der Waals surface area (Å²) >= 11 is 5.97. The predicted octanol–water partition coefficient (Wildman–Crippen LogP) is 2.97. The van der Waals surface area contributed by atoms with Gasteiger partial charge in [0.25, 0.3) is 11.8 Å². The second kappa shape index (κ2) is 8.14. The molecule has 1 aromatic heterocycles. The van der Waals surface area contributed by atoms with Crippen LogP contribution in [0, 0.1) is 6.92 Å². The third-order valence-corrected chi connectivity index (χ3v) is 4.54. The summed E-state index contributed by atoms with van der Waals surface area (Å²) in [5, 5.41) is 3.62. The molecule has 3 rings (SSSR count). The van der Waals surface area contributed by atoms with Gasteiger partial charge < -0.3 is 9.73 Å². The van der Waals surface area contributed by atoms with Crippen LogP contribution in [0.15, 0.2) is 52.9 Å². The highest BCUT2D eigenvalue weighted by Crippen LogP contribution is 2.24. The summed E-state index contributed by atoms with van der Waals surface area (Å²) in [6, 6.07) is 12.8. The quantitative estimate of drug-likeness (QED) is 0.587. The van der Waals surface area contributed by atoms with Crippen molar-refractivity contribution in [1.82, 2.24) is 16.2 Å². The molecule has 0 aliphatic rings. The van der Waals surface area contributed by atoms with Gasteiger partial charge >= 0.3 is 5.91 Å². The van der Waals surface area contributed by atoms with E-state index >= 15 is 0 Å². The molecule has 8 heteroatoms. The van der Waals surface area contributed by atoms with Gasteiger partial charge in [0.2, 0.25) is 0 Å². The summed E-state index contributed by atoms with van der Waals surface area (Å²) in [6.45, 7) is 3.25. The first-order chi connectivity index (χ1) is 13.4. The van der Waals surface area contributed by atoms with Crippen molar-refractivity contribution >= 4 is 40.3 Å². The lowest BCUT2D eigenvalue weighted by molar-refractivity contribution is -0.123. The van der Waals surface area contributed by atoms with Crippen LogP contribution >= 0.6 is 11.6 Å². The van der Waals surface area contributed by atoms with Crippen LogP contribution in [0.3, 0.4) is 0 Å². The Labute approximate surface area is 166 Å². The van der Waals surface area contributed by atoms with Crippen molar-refractivity contribution in [3.05, 3.63) is 70.4 Å². The number of fused-ring (bicyclic) bond motifs is 1. The monoisotopic (exact) mass is 399 g/mol. The van der Waals surface area contributed by atoms with Gasteiger partial charge in [0.1, 0.15) is 11.6 Å². The first kappa shape index (κ1) is 19.4. The Kier molecular flexibility index (Phi) is 5.65. The number of carbonyl (C=O) groups excluding carboxylic acids is 3. The second-order valence-corrected chi connectivity index (χ2v) is 6.58. The van der Waals surface area contributed by atoms with Crippen molar-refractivity contribution in [2.75, 3.05) is 0 Å². The van der Waals surface area contributed by atoms with Crippen LogP contribution in [0.4, 0.5) is 0 Å². The number of furan rings is 1. The summed E-state index contributed by atoms with van der Waals surface area (Å²) in [7, 11) is 0. The highest BCUT2D eigenvalue weighted by Gasteiger charge is 2.21. The minimum absolute atomic E-state index is 0.106. The number of carbonyl (C=O) groups is 3. The highest BCUT2D eigenvalue weighted by molar-refractivity contribution is 6.33. The molecule has 0 bridgehead atoms. The van der Waals surface area contributed by atoms with E-state index in [-0.39, 0.29) is 16.3 Å². The van der Waals surface area contributed by atoms with E-state index in [1.807, 2.05) is 12.1 Å². The summed E-state index contributed by atoms with van der Waals surface area (Å²) in [4.78, 5) is 36.7. The zero-order valence-electron chi connectivity index (χ0n) is 15.2. The topological polar surface area (TPSA) is 100 Å². The van der Waals surface area contributed by atoms with Crippen LogP contribution in [-0.2, 0) is 4.79 Å². The first-order valence-electron chi connectivity index (χ1n) is 8.52. The van der Waals surface area contributed by atoms with Crippen LogP contribution in [0.25, 0.3) is 11.0 Å². The number of hydrogen-bond donors (Lipinski definition) is 3. The molecule has 28 heavy (non-hydrogen) atoms. The van der Waals surface area contributed by atoms with E-state index in [1.165, 1.54) is 6.92 Å². The highest BCUT2D eigenvalue weighted by atomic mass is 35.5. The fourth-order valence-electron chi connectivity index (χ4n) is 2.66. The average Bonchev–Trinajstić information content (AvgIpc) is 3.03. The van der Waals surface area contributed by atoms with E-state index in [4.69, 9.17) is 16.0 Å². The first-order valence-corrected chi connectivity index (χ1v) is 8.90. The van der Waals surface area contributed by atoms with E-state index in [9.17, 15) is 14.4 Å². The van der Waals surface area contributed by atoms with Gasteiger partial charge in [-0.05, 0) is 32.0 Å². The van der Waals surface area contributed by atoms with E-state index in [0.717, 1.165) is 5.39 Å².